The molecule has 1 rings (SSSR count). The van der Waals surface area contributed by atoms with Gasteiger partial charge in [-0.25, -0.2) is 9.98 Å². The van der Waals surface area contributed by atoms with Gasteiger partial charge in [-0.05, 0) is 20.6 Å². The monoisotopic (exact) mass is 317 g/mol. The molecule has 0 aliphatic carbocycles. The number of hydrogen-bond acceptors (Lipinski definition) is 3. The van der Waals surface area contributed by atoms with E-state index in [1.54, 1.807) is 0 Å². The van der Waals surface area contributed by atoms with Crippen molar-refractivity contribution in [1.82, 2.24) is 4.90 Å². The highest BCUT2D eigenvalue weighted by atomic mass is 19.4. The number of hydrogen-bond donors (Lipinski definition) is 1. The molecular weight excluding hydrogens is 304 g/mol. The SMILES string of the molecule is C=NC(=N[C@@]1(C)C(N)N1C(=NCC)C(F)(F)F)C(F)(F)F. The number of rotatable bonds is 2. The molecule has 1 unspecified atom stereocenters. The third-order valence-electron chi connectivity index (χ3n) is 2.78. The van der Waals surface area contributed by atoms with Crippen molar-refractivity contribution in [3.8, 4) is 0 Å². The van der Waals surface area contributed by atoms with Gasteiger partial charge in [0.05, 0.1) is 0 Å². The van der Waals surface area contributed by atoms with E-state index in [1.165, 1.54) is 6.92 Å². The van der Waals surface area contributed by atoms with Crippen LogP contribution in [0.2, 0.25) is 0 Å². The first-order valence-corrected chi connectivity index (χ1v) is 5.70. The van der Waals surface area contributed by atoms with Gasteiger partial charge < -0.3 is 10.6 Å². The van der Waals surface area contributed by atoms with E-state index in [0.29, 0.717) is 4.90 Å². The minimum atomic E-state index is -4.93. The highest BCUT2D eigenvalue weighted by molar-refractivity contribution is 5.94. The standard InChI is InChI=1S/C10H13F6N5/c1-4-19-7(10(14,15)16)21-5(17)8(21,2)20-6(18-3)9(11,12)13/h5H,3-4,17H2,1-2H3/t5?,8-,21?/m1/s1. The van der Waals surface area contributed by atoms with E-state index in [-0.39, 0.29) is 6.54 Å². The van der Waals surface area contributed by atoms with Gasteiger partial charge in [-0.3, -0.25) is 4.99 Å². The van der Waals surface area contributed by atoms with Crippen LogP contribution in [0.4, 0.5) is 26.3 Å². The highest BCUT2D eigenvalue weighted by Crippen LogP contribution is 2.43. The summed E-state index contributed by atoms with van der Waals surface area (Å²) in [5.74, 6) is -3.00. The van der Waals surface area contributed by atoms with Crippen molar-refractivity contribution in [3.05, 3.63) is 0 Å². The third kappa shape index (κ3) is 3.34. The molecule has 120 valence electrons. The predicted octanol–water partition coefficient (Wildman–Crippen LogP) is 1.95. The molecule has 2 atom stereocenters. The fourth-order valence-electron chi connectivity index (χ4n) is 1.72. The topological polar surface area (TPSA) is 66.1 Å². The summed E-state index contributed by atoms with van der Waals surface area (Å²) in [6, 6.07) is 0. The van der Waals surface area contributed by atoms with Crippen molar-refractivity contribution in [2.75, 3.05) is 6.54 Å². The quantitative estimate of drug-likeness (QED) is 0.366. The molecule has 2 N–H and O–H groups in total. The van der Waals surface area contributed by atoms with Crippen molar-refractivity contribution in [2.24, 2.45) is 20.7 Å². The van der Waals surface area contributed by atoms with Crippen LogP contribution in [-0.4, -0.2) is 54.0 Å². The molecule has 0 bridgehead atoms. The van der Waals surface area contributed by atoms with Gasteiger partial charge in [0.2, 0.25) is 11.7 Å². The molecule has 21 heavy (non-hydrogen) atoms. The van der Waals surface area contributed by atoms with E-state index in [2.05, 4.69) is 21.7 Å². The second kappa shape index (κ2) is 5.28. The van der Waals surface area contributed by atoms with E-state index < -0.39 is 35.9 Å². The Morgan fingerprint density at radius 3 is 2.10 bits per heavy atom. The molecular formula is C10H13F6N5. The summed E-state index contributed by atoms with van der Waals surface area (Å²) < 4.78 is 76.1. The zero-order valence-electron chi connectivity index (χ0n) is 11.1. The van der Waals surface area contributed by atoms with Gasteiger partial charge >= 0.3 is 12.4 Å². The van der Waals surface area contributed by atoms with Crippen LogP contribution in [0.5, 0.6) is 0 Å². The summed E-state index contributed by atoms with van der Waals surface area (Å²) in [4.78, 5) is 9.57. The number of amidine groups is 2. The first-order chi connectivity index (χ1) is 9.39. The van der Waals surface area contributed by atoms with Gasteiger partial charge in [-0.2, -0.15) is 26.3 Å². The Bertz CT molecular complexity index is 479. The van der Waals surface area contributed by atoms with E-state index >= 15 is 0 Å². The van der Waals surface area contributed by atoms with Crippen molar-refractivity contribution < 1.29 is 26.3 Å². The van der Waals surface area contributed by atoms with Crippen molar-refractivity contribution in [3.63, 3.8) is 0 Å². The Morgan fingerprint density at radius 2 is 1.76 bits per heavy atom. The lowest BCUT2D eigenvalue weighted by atomic mass is 10.3. The number of alkyl halides is 6. The summed E-state index contributed by atoms with van der Waals surface area (Å²) in [7, 11) is 0. The summed E-state index contributed by atoms with van der Waals surface area (Å²) >= 11 is 0. The lowest BCUT2D eigenvalue weighted by Gasteiger charge is -2.15. The Hall–Kier alpha value is -1.65. The summed E-state index contributed by atoms with van der Waals surface area (Å²) in [6.45, 7) is 4.89. The number of halogens is 6. The van der Waals surface area contributed by atoms with Crippen molar-refractivity contribution in [2.45, 2.75) is 38.0 Å². The average molecular weight is 317 g/mol. The molecule has 0 aromatic rings. The van der Waals surface area contributed by atoms with Crippen LogP contribution < -0.4 is 5.73 Å². The van der Waals surface area contributed by atoms with E-state index in [0.717, 1.165) is 6.92 Å². The van der Waals surface area contributed by atoms with E-state index in [4.69, 9.17) is 5.73 Å². The highest BCUT2D eigenvalue weighted by Gasteiger charge is 2.65. The van der Waals surface area contributed by atoms with Crippen LogP contribution in [0.25, 0.3) is 0 Å². The maximum Gasteiger partial charge on any atom is 0.451 e. The molecule has 1 saturated heterocycles. The zero-order chi connectivity index (χ0) is 16.6. The zero-order valence-corrected chi connectivity index (χ0v) is 11.1. The normalized spacial score (nSPS) is 27.9. The van der Waals surface area contributed by atoms with Crippen LogP contribution >= 0.6 is 0 Å². The molecule has 0 saturated carbocycles. The van der Waals surface area contributed by atoms with Gasteiger partial charge in [0.15, 0.2) is 5.66 Å². The number of aliphatic imine (C=N–C) groups is 3. The van der Waals surface area contributed by atoms with Gasteiger partial charge in [0.25, 0.3) is 0 Å². The molecule has 1 heterocycles. The largest absolute Gasteiger partial charge is 0.451 e. The molecule has 0 amide bonds. The van der Waals surface area contributed by atoms with Gasteiger partial charge in [-0.15, -0.1) is 0 Å². The second-order valence-corrected chi connectivity index (χ2v) is 4.30. The first kappa shape index (κ1) is 17.4. The summed E-state index contributed by atoms with van der Waals surface area (Å²) in [5, 5.41) is 0. The molecule has 11 heteroatoms. The van der Waals surface area contributed by atoms with Crippen LogP contribution in [0.3, 0.4) is 0 Å². The smallest absolute Gasteiger partial charge is 0.308 e. The third-order valence-corrected chi connectivity index (χ3v) is 2.78. The number of nitrogens with zero attached hydrogens (tertiary/aromatic N) is 4. The van der Waals surface area contributed by atoms with Crippen LogP contribution in [0, 0.1) is 0 Å². The molecule has 1 aliphatic rings. The first-order valence-electron chi connectivity index (χ1n) is 5.70. The Balaban J connectivity index is 3.19. The minimum absolute atomic E-state index is 0.205. The van der Waals surface area contributed by atoms with E-state index in [1.807, 2.05) is 0 Å². The van der Waals surface area contributed by atoms with Crippen LogP contribution in [0.15, 0.2) is 15.0 Å². The lowest BCUT2D eigenvalue weighted by Crippen LogP contribution is -2.35. The van der Waals surface area contributed by atoms with Gasteiger partial charge in [-0.1, -0.05) is 0 Å². The molecule has 0 spiro atoms. The van der Waals surface area contributed by atoms with Crippen LogP contribution in [-0.2, 0) is 0 Å². The Labute approximate surface area is 116 Å². The molecule has 1 fully saturated rings. The summed E-state index contributed by atoms with van der Waals surface area (Å²) in [5.41, 5.74) is 3.51. The van der Waals surface area contributed by atoms with Crippen molar-refractivity contribution >= 4 is 18.4 Å². The second-order valence-electron chi connectivity index (χ2n) is 4.30. The maximum absolute atomic E-state index is 12.8. The van der Waals surface area contributed by atoms with Gasteiger partial charge in [0.1, 0.15) is 6.17 Å². The molecule has 0 aromatic heterocycles. The summed E-state index contributed by atoms with van der Waals surface area (Å²) in [6.07, 6.45) is -11.2. The maximum atomic E-state index is 12.8. The molecule has 5 nitrogen and oxygen atoms in total. The average Bonchev–Trinajstić information content (AvgIpc) is 2.83. The number of nitrogens with two attached hydrogens (primary N) is 1. The predicted molar refractivity (Wildman–Crippen MR) is 65.3 cm³/mol. The molecule has 1 aliphatic heterocycles. The minimum Gasteiger partial charge on any atom is -0.308 e. The lowest BCUT2D eigenvalue weighted by molar-refractivity contribution is -0.0662. The van der Waals surface area contributed by atoms with Crippen LogP contribution in [0.1, 0.15) is 13.8 Å². The fraction of sp³-hybridized carbons (Fsp3) is 0.700. The van der Waals surface area contributed by atoms with Gasteiger partial charge in [0, 0.05) is 6.54 Å². The van der Waals surface area contributed by atoms with Crippen molar-refractivity contribution in [1.29, 1.82) is 0 Å². The molecule has 0 radical (unpaired) electrons. The molecule has 0 aromatic carbocycles. The Kier molecular flexibility index (Phi) is 4.37. The Morgan fingerprint density at radius 1 is 1.24 bits per heavy atom. The fourth-order valence-corrected chi connectivity index (χ4v) is 1.72. The van der Waals surface area contributed by atoms with E-state index in [9.17, 15) is 26.3 Å².